The van der Waals surface area contributed by atoms with Crippen molar-refractivity contribution in [3.05, 3.63) is 0 Å². The summed E-state index contributed by atoms with van der Waals surface area (Å²) in [5, 5.41) is 0. The molecule has 20 heavy (non-hydrogen) atoms. The minimum Gasteiger partial charge on any atom is -0.465 e. The van der Waals surface area contributed by atoms with E-state index in [9.17, 15) is 31.1 Å². The van der Waals surface area contributed by atoms with Crippen molar-refractivity contribution in [2.45, 2.75) is 51.9 Å². The molecule has 0 amide bonds. The van der Waals surface area contributed by atoms with Gasteiger partial charge in [0.1, 0.15) is 0 Å². The predicted octanol–water partition coefficient (Wildman–Crippen LogP) is 4.49. The van der Waals surface area contributed by atoms with E-state index in [-0.39, 0.29) is 5.92 Å². The number of esters is 1. The smallest absolute Gasteiger partial charge is 0.411 e. The Labute approximate surface area is 113 Å². The monoisotopic (exact) mass is 308 g/mol. The van der Waals surface area contributed by atoms with Gasteiger partial charge in [-0.1, -0.05) is 33.1 Å². The lowest BCUT2D eigenvalue weighted by molar-refractivity contribution is -0.282. The van der Waals surface area contributed by atoms with Gasteiger partial charge in [0.05, 0.1) is 6.61 Å². The average molecular weight is 308 g/mol. The molecule has 0 aromatic rings. The molecule has 0 bridgehead atoms. The van der Waals surface area contributed by atoms with E-state index in [1.807, 2.05) is 6.92 Å². The summed E-state index contributed by atoms with van der Waals surface area (Å²) < 4.78 is 77.8. The molecule has 120 valence electrons. The van der Waals surface area contributed by atoms with E-state index in [0.29, 0.717) is 12.8 Å². The van der Waals surface area contributed by atoms with E-state index in [2.05, 4.69) is 4.74 Å². The van der Waals surface area contributed by atoms with Crippen LogP contribution in [0.2, 0.25) is 0 Å². The Bertz CT molecular complexity index is 283. The third-order valence-electron chi connectivity index (χ3n) is 2.89. The van der Waals surface area contributed by atoms with Crippen LogP contribution in [0.25, 0.3) is 0 Å². The number of alkyl halides is 6. The van der Waals surface area contributed by atoms with Gasteiger partial charge in [0.25, 0.3) is 0 Å². The lowest BCUT2D eigenvalue weighted by Crippen LogP contribution is -2.43. The highest BCUT2D eigenvalue weighted by Crippen LogP contribution is 2.40. The van der Waals surface area contributed by atoms with Crippen LogP contribution in [0.3, 0.4) is 0 Å². The summed E-state index contributed by atoms with van der Waals surface area (Å²) in [5.74, 6) is -6.57. The minimum atomic E-state index is -5.69. The molecule has 0 unspecified atom stereocenters. The molecular formula is C12H18F6O2. The van der Waals surface area contributed by atoms with Crippen LogP contribution in [-0.2, 0) is 9.53 Å². The number of ether oxygens (including phenoxy) is 1. The second kappa shape index (κ2) is 7.73. The average Bonchev–Trinajstić information content (AvgIpc) is 2.25. The molecule has 0 heterocycles. The first-order valence-electron chi connectivity index (χ1n) is 6.34. The summed E-state index contributed by atoms with van der Waals surface area (Å²) >= 11 is 0. The summed E-state index contributed by atoms with van der Waals surface area (Å²) in [6.07, 6.45) is -8.64. The number of halogens is 6. The van der Waals surface area contributed by atoms with Gasteiger partial charge >= 0.3 is 18.3 Å². The van der Waals surface area contributed by atoms with Gasteiger partial charge in [-0.25, -0.2) is 0 Å². The van der Waals surface area contributed by atoms with Gasteiger partial charge in [-0.05, 0) is 12.3 Å². The van der Waals surface area contributed by atoms with Crippen molar-refractivity contribution in [1.82, 2.24) is 0 Å². The zero-order chi connectivity index (χ0) is 16.0. The summed E-state index contributed by atoms with van der Waals surface area (Å²) in [7, 11) is 0. The Hall–Kier alpha value is -0.950. The van der Waals surface area contributed by atoms with E-state index in [4.69, 9.17) is 0 Å². The van der Waals surface area contributed by atoms with Crippen LogP contribution < -0.4 is 0 Å². The van der Waals surface area contributed by atoms with Crippen LogP contribution in [0.4, 0.5) is 26.3 Å². The molecule has 2 nitrogen and oxygen atoms in total. The topological polar surface area (TPSA) is 26.3 Å². The highest BCUT2D eigenvalue weighted by molar-refractivity contribution is 5.74. The molecule has 0 aliphatic heterocycles. The van der Waals surface area contributed by atoms with Crippen molar-refractivity contribution in [3.63, 3.8) is 0 Å². The molecule has 0 fully saturated rings. The lowest BCUT2D eigenvalue weighted by atomic mass is 10.0. The molecular weight excluding hydrogens is 290 g/mol. The maximum atomic E-state index is 12.3. The SMILES string of the molecule is CCCC[C@H](CC)COC(=O)C(C(F)(F)F)C(F)(F)F. The summed E-state index contributed by atoms with van der Waals surface area (Å²) in [6.45, 7) is 3.22. The first-order valence-corrected chi connectivity index (χ1v) is 6.34. The van der Waals surface area contributed by atoms with Gasteiger partial charge in [0.2, 0.25) is 5.92 Å². The number of carbonyl (C=O) groups excluding carboxylic acids is 1. The standard InChI is InChI=1S/C12H18F6O2/c1-3-5-6-8(4-2)7-20-10(19)9(11(13,14)15)12(16,17)18/h8-9H,3-7H2,1-2H3/t8-/m0/s1. The fourth-order valence-electron chi connectivity index (χ4n) is 1.63. The van der Waals surface area contributed by atoms with Gasteiger partial charge in [0, 0.05) is 0 Å². The maximum Gasteiger partial charge on any atom is 0.411 e. The summed E-state index contributed by atoms with van der Waals surface area (Å²) in [6, 6.07) is 0. The van der Waals surface area contributed by atoms with Crippen LogP contribution in [0.5, 0.6) is 0 Å². The molecule has 0 radical (unpaired) electrons. The zero-order valence-corrected chi connectivity index (χ0v) is 11.3. The van der Waals surface area contributed by atoms with Crippen LogP contribution >= 0.6 is 0 Å². The first kappa shape index (κ1) is 19.1. The van der Waals surface area contributed by atoms with Crippen LogP contribution in [0.15, 0.2) is 0 Å². The fourth-order valence-corrected chi connectivity index (χ4v) is 1.63. The molecule has 0 aromatic heterocycles. The van der Waals surface area contributed by atoms with Crippen LogP contribution in [0, 0.1) is 11.8 Å². The zero-order valence-electron chi connectivity index (χ0n) is 11.3. The Balaban J connectivity index is 4.63. The Morgan fingerprint density at radius 2 is 1.55 bits per heavy atom. The molecule has 0 aromatic carbocycles. The first-order chi connectivity index (χ1) is 9.04. The number of hydrogen-bond acceptors (Lipinski definition) is 2. The Kier molecular flexibility index (Phi) is 7.37. The van der Waals surface area contributed by atoms with Crippen molar-refractivity contribution >= 4 is 5.97 Å². The number of unbranched alkanes of at least 4 members (excludes halogenated alkanes) is 1. The van der Waals surface area contributed by atoms with Gasteiger partial charge in [-0.2, -0.15) is 26.3 Å². The largest absolute Gasteiger partial charge is 0.465 e. The molecule has 0 saturated heterocycles. The highest BCUT2D eigenvalue weighted by atomic mass is 19.4. The molecule has 0 saturated carbocycles. The summed E-state index contributed by atoms with van der Waals surface area (Å²) in [5.41, 5.74) is 0. The quantitative estimate of drug-likeness (QED) is 0.512. The summed E-state index contributed by atoms with van der Waals surface area (Å²) in [4.78, 5) is 11.1. The molecule has 0 rings (SSSR count). The van der Waals surface area contributed by atoms with E-state index in [1.165, 1.54) is 0 Å². The maximum absolute atomic E-state index is 12.3. The van der Waals surface area contributed by atoms with Crippen molar-refractivity contribution in [3.8, 4) is 0 Å². The van der Waals surface area contributed by atoms with Gasteiger partial charge in [0.15, 0.2) is 0 Å². The highest BCUT2D eigenvalue weighted by Gasteiger charge is 2.62. The van der Waals surface area contributed by atoms with E-state index in [0.717, 1.165) is 12.8 Å². The van der Waals surface area contributed by atoms with E-state index >= 15 is 0 Å². The van der Waals surface area contributed by atoms with Crippen molar-refractivity contribution in [2.24, 2.45) is 11.8 Å². The lowest BCUT2D eigenvalue weighted by Gasteiger charge is -2.22. The van der Waals surface area contributed by atoms with Gasteiger partial charge < -0.3 is 4.74 Å². The third kappa shape index (κ3) is 6.47. The minimum absolute atomic E-state index is 0.221. The molecule has 1 atom stereocenters. The Morgan fingerprint density at radius 3 is 1.90 bits per heavy atom. The number of hydrogen-bond donors (Lipinski definition) is 0. The van der Waals surface area contributed by atoms with Crippen LogP contribution in [0.1, 0.15) is 39.5 Å². The van der Waals surface area contributed by atoms with Gasteiger partial charge in [-0.15, -0.1) is 0 Å². The molecule has 8 heteroatoms. The third-order valence-corrected chi connectivity index (χ3v) is 2.89. The second-order valence-corrected chi connectivity index (χ2v) is 4.56. The Morgan fingerprint density at radius 1 is 1.05 bits per heavy atom. The number of carbonyl (C=O) groups is 1. The van der Waals surface area contributed by atoms with E-state index in [1.54, 1.807) is 6.92 Å². The van der Waals surface area contributed by atoms with Gasteiger partial charge in [-0.3, -0.25) is 4.79 Å². The predicted molar refractivity (Wildman–Crippen MR) is 59.9 cm³/mol. The second-order valence-electron chi connectivity index (χ2n) is 4.56. The molecule has 0 N–H and O–H groups in total. The normalized spacial score (nSPS) is 14.4. The van der Waals surface area contributed by atoms with E-state index < -0.39 is 30.8 Å². The van der Waals surface area contributed by atoms with Crippen molar-refractivity contribution < 1.29 is 35.9 Å². The molecule has 0 spiro atoms. The van der Waals surface area contributed by atoms with Crippen molar-refractivity contribution in [1.29, 1.82) is 0 Å². The molecule has 0 aliphatic carbocycles. The fraction of sp³-hybridized carbons (Fsp3) is 0.917. The van der Waals surface area contributed by atoms with Crippen molar-refractivity contribution in [2.75, 3.05) is 6.61 Å². The van der Waals surface area contributed by atoms with Crippen LogP contribution in [-0.4, -0.2) is 24.9 Å². The number of rotatable bonds is 7. The molecule has 0 aliphatic rings.